The number of nitrogens with zero attached hydrogens (tertiary/aromatic N) is 2. The van der Waals surface area contributed by atoms with Gasteiger partial charge in [-0.1, -0.05) is 11.6 Å². The maximum Gasteiger partial charge on any atom is 0.253 e. The van der Waals surface area contributed by atoms with Crippen molar-refractivity contribution < 1.29 is 9.21 Å². The smallest absolute Gasteiger partial charge is 0.253 e. The lowest BCUT2D eigenvalue weighted by atomic mass is 10.4. The van der Waals surface area contributed by atoms with Gasteiger partial charge in [0.15, 0.2) is 5.88 Å². The summed E-state index contributed by atoms with van der Waals surface area (Å²) in [4.78, 5) is 15.2. The SMILES string of the molecule is CCN(CC)c1ccc(/C=N\NC(=O)[C@H](C)Sc2ccc(Cl)cc2)o1. The molecule has 0 aliphatic rings. The van der Waals surface area contributed by atoms with Gasteiger partial charge in [-0.2, -0.15) is 5.10 Å². The zero-order chi connectivity index (χ0) is 18.2. The number of furan rings is 1. The molecule has 134 valence electrons. The fourth-order valence-electron chi connectivity index (χ4n) is 2.14. The number of anilines is 1. The molecule has 0 radical (unpaired) electrons. The number of halogens is 1. The second-order valence-corrected chi connectivity index (χ2v) is 7.15. The maximum absolute atomic E-state index is 12.1. The normalized spacial score (nSPS) is 12.3. The van der Waals surface area contributed by atoms with Crippen LogP contribution in [0, 0.1) is 0 Å². The Hall–Kier alpha value is -1.92. The molecule has 0 aliphatic heterocycles. The van der Waals surface area contributed by atoms with Crippen molar-refractivity contribution in [2.45, 2.75) is 30.9 Å². The summed E-state index contributed by atoms with van der Waals surface area (Å²) in [6.07, 6.45) is 1.50. The number of hydrogen-bond donors (Lipinski definition) is 1. The van der Waals surface area contributed by atoms with Crippen LogP contribution >= 0.6 is 23.4 Å². The molecule has 1 aromatic heterocycles. The van der Waals surface area contributed by atoms with E-state index >= 15 is 0 Å². The van der Waals surface area contributed by atoms with Crippen LogP contribution in [0.3, 0.4) is 0 Å². The van der Waals surface area contributed by atoms with Crippen LogP contribution in [-0.4, -0.2) is 30.5 Å². The van der Waals surface area contributed by atoms with Crippen LogP contribution in [0.4, 0.5) is 5.88 Å². The Morgan fingerprint density at radius 1 is 1.28 bits per heavy atom. The fraction of sp³-hybridized carbons (Fsp3) is 0.333. The number of thioether (sulfide) groups is 1. The van der Waals surface area contributed by atoms with E-state index in [1.54, 1.807) is 12.1 Å². The summed E-state index contributed by atoms with van der Waals surface area (Å²) in [6, 6.07) is 11.1. The van der Waals surface area contributed by atoms with Gasteiger partial charge < -0.3 is 9.32 Å². The Kier molecular flexibility index (Phi) is 7.40. The van der Waals surface area contributed by atoms with Crippen molar-refractivity contribution in [3.8, 4) is 0 Å². The summed E-state index contributed by atoms with van der Waals surface area (Å²) in [5, 5.41) is 4.37. The van der Waals surface area contributed by atoms with Crippen LogP contribution in [-0.2, 0) is 4.79 Å². The molecule has 1 heterocycles. The van der Waals surface area contributed by atoms with E-state index < -0.39 is 0 Å². The second kappa shape index (κ2) is 9.53. The average molecular weight is 380 g/mol. The summed E-state index contributed by atoms with van der Waals surface area (Å²) in [5.74, 6) is 1.22. The number of carbonyl (C=O) groups is 1. The number of carbonyl (C=O) groups excluding carboxylic acids is 1. The van der Waals surface area contributed by atoms with Gasteiger partial charge in [0.25, 0.3) is 5.91 Å². The number of nitrogens with one attached hydrogen (secondary N) is 1. The minimum absolute atomic E-state index is 0.174. The monoisotopic (exact) mass is 379 g/mol. The lowest BCUT2D eigenvalue weighted by Gasteiger charge is -2.16. The van der Waals surface area contributed by atoms with Gasteiger partial charge in [0.2, 0.25) is 0 Å². The first-order chi connectivity index (χ1) is 12.0. The number of amides is 1. The van der Waals surface area contributed by atoms with Crippen molar-refractivity contribution in [1.29, 1.82) is 0 Å². The minimum atomic E-state index is -0.277. The summed E-state index contributed by atoms with van der Waals surface area (Å²) in [7, 11) is 0. The predicted octanol–water partition coefficient (Wildman–Crippen LogP) is 4.41. The number of benzene rings is 1. The third kappa shape index (κ3) is 5.83. The van der Waals surface area contributed by atoms with Crippen LogP contribution in [0.15, 0.2) is 50.8 Å². The molecule has 5 nitrogen and oxygen atoms in total. The van der Waals surface area contributed by atoms with E-state index in [-0.39, 0.29) is 11.2 Å². The van der Waals surface area contributed by atoms with Crippen LogP contribution in [0.1, 0.15) is 26.5 Å². The summed E-state index contributed by atoms with van der Waals surface area (Å²) >= 11 is 7.30. The van der Waals surface area contributed by atoms with Crippen molar-refractivity contribution in [2.24, 2.45) is 5.10 Å². The molecular weight excluding hydrogens is 358 g/mol. The molecule has 1 atom stereocenters. The van der Waals surface area contributed by atoms with E-state index in [9.17, 15) is 4.79 Å². The summed E-state index contributed by atoms with van der Waals surface area (Å²) < 4.78 is 5.68. The van der Waals surface area contributed by atoms with Gasteiger partial charge in [-0.3, -0.25) is 4.79 Å². The van der Waals surface area contributed by atoms with Crippen molar-refractivity contribution >= 4 is 41.4 Å². The zero-order valence-electron chi connectivity index (χ0n) is 14.5. The van der Waals surface area contributed by atoms with Gasteiger partial charge >= 0.3 is 0 Å². The molecule has 0 saturated carbocycles. The van der Waals surface area contributed by atoms with Crippen LogP contribution < -0.4 is 10.3 Å². The Balaban J connectivity index is 1.86. The minimum Gasteiger partial charge on any atom is -0.440 e. The van der Waals surface area contributed by atoms with E-state index in [0.29, 0.717) is 10.8 Å². The van der Waals surface area contributed by atoms with Gasteiger partial charge in [0.05, 0.1) is 11.5 Å². The Bertz CT molecular complexity index is 711. The topological polar surface area (TPSA) is 57.8 Å². The number of hydrazone groups is 1. The van der Waals surface area contributed by atoms with Gasteiger partial charge in [0, 0.05) is 29.1 Å². The quantitative estimate of drug-likeness (QED) is 0.419. The van der Waals surface area contributed by atoms with E-state index in [1.807, 2.05) is 31.2 Å². The highest BCUT2D eigenvalue weighted by Gasteiger charge is 2.13. The van der Waals surface area contributed by atoms with Crippen LogP contribution in [0.5, 0.6) is 0 Å². The van der Waals surface area contributed by atoms with Crippen LogP contribution in [0.2, 0.25) is 5.02 Å². The molecular formula is C18H22ClN3O2S. The molecule has 1 amide bonds. The van der Waals surface area contributed by atoms with Crippen molar-refractivity contribution in [1.82, 2.24) is 5.43 Å². The molecule has 7 heteroatoms. The highest BCUT2D eigenvalue weighted by Crippen LogP contribution is 2.24. The second-order valence-electron chi connectivity index (χ2n) is 5.30. The van der Waals surface area contributed by atoms with E-state index in [2.05, 4.69) is 29.3 Å². The van der Waals surface area contributed by atoms with Gasteiger partial charge in [-0.25, -0.2) is 5.43 Å². The zero-order valence-corrected chi connectivity index (χ0v) is 16.1. The van der Waals surface area contributed by atoms with Crippen molar-refractivity contribution in [2.75, 3.05) is 18.0 Å². The molecule has 0 bridgehead atoms. The molecule has 1 N–H and O–H groups in total. The third-order valence-electron chi connectivity index (χ3n) is 3.55. The summed E-state index contributed by atoms with van der Waals surface area (Å²) in [5.41, 5.74) is 2.54. The van der Waals surface area contributed by atoms with E-state index in [0.717, 1.165) is 23.9 Å². The predicted molar refractivity (Wildman–Crippen MR) is 105 cm³/mol. The molecule has 2 rings (SSSR count). The van der Waals surface area contributed by atoms with Gasteiger partial charge in [-0.15, -0.1) is 11.8 Å². The Labute approximate surface area is 157 Å². The molecule has 1 aromatic carbocycles. The first kappa shape index (κ1) is 19.4. The lowest BCUT2D eigenvalue weighted by Crippen LogP contribution is -2.26. The molecule has 2 aromatic rings. The molecule has 0 fully saturated rings. The Morgan fingerprint density at radius 3 is 2.60 bits per heavy atom. The highest BCUT2D eigenvalue weighted by molar-refractivity contribution is 8.00. The number of rotatable bonds is 8. The highest BCUT2D eigenvalue weighted by atomic mass is 35.5. The van der Waals surface area contributed by atoms with Crippen molar-refractivity contribution in [3.05, 3.63) is 47.2 Å². The van der Waals surface area contributed by atoms with Crippen molar-refractivity contribution in [3.63, 3.8) is 0 Å². The maximum atomic E-state index is 12.1. The fourth-order valence-corrected chi connectivity index (χ4v) is 3.13. The molecule has 0 spiro atoms. The molecule has 0 aliphatic carbocycles. The van der Waals surface area contributed by atoms with Crippen LogP contribution in [0.25, 0.3) is 0 Å². The van der Waals surface area contributed by atoms with E-state index in [4.69, 9.17) is 16.0 Å². The average Bonchev–Trinajstić information content (AvgIpc) is 3.06. The Morgan fingerprint density at radius 2 is 1.96 bits per heavy atom. The molecule has 0 saturated heterocycles. The third-order valence-corrected chi connectivity index (χ3v) is 4.91. The molecule has 0 unspecified atom stereocenters. The largest absolute Gasteiger partial charge is 0.440 e. The van der Waals surface area contributed by atoms with Gasteiger partial charge in [0.1, 0.15) is 5.76 Å². The summed E-state index contributed by atoms with van der Waals surface area (Å²) in [6.45, 7) is 7.71. The van der Waals surface area contributed by atoms with Gasteiger partial charge in [-0.05, 0) is 51.1 Å². The number of hydrogen-bond acceptors (Lipinski definition) is 5. The standard InChI is InChI=1S/C18H22ClN3O2S/c1-4-22(5-2)17-11-8-15(24-17)12-20-21-18(23)13(3)25-16-9-6-14(19)7-10-16/h6-13H,4-5H2,1-3H3,(H,21,23)/b20-12-/t13-/m0/s1. The first-order valence-electron chi connectivity index (χ1n) is 8.13. The van der Waals surface area contributed by atoms with E-state index in [1.165, 1.54) is 18.0 Å². The lowest BCUT2D eigenvalue weighted by molar-refractivity contribution is -0.120. The first-order valence-corrected chi connectivity index (χ1v) is 9.39. The molecule has 25 heavy (non-hydrogen) atoms.